The Kier molecular flexibility index (Phi) is 6.05. The van der Waals surface area contributed by atoms with Crippen molar-refractivity contribution in [3.05, 3.63) is 24.3 Å². The Morgan fingerprint density at radius 2 is 2.00 bits per heavy atom. The van der Waals surface area contributed by atoms with Crippen LogP contribution in [0.15, 0.2) is 24.3 Å². The van der Waals surface area contributed by atoms with E-state index in [2.05, 4.69) is 47.9 Å². The number of hydrogen-bond donors (Lipinski definition) is 0. The van der Waals surface area contributed by atoms with Gasteiger partial charge in [-0.1, -0.05) is 45.2 Å². The summed E-state index contributed by atoms with van der Waals surface area (Å²) in [6.45, 7) is 8.62. The Morgan fingerprint density at radius 1 is 1.16 bits per heavy atom. The van der Waals surface area contributed by atoms with Gasteiger partial charge >= 0.3 is 0 Å². The van der Waals surface area contributed by atoms with Crippen molar-refractivity contribution in [2.45, 2.75) is 83.3 Å². The smallest absolute Gasteiger partial charge is 0.228 e. The van der Waals surface area contributed by atoms with E-state index in [0.717, 1.165) is 55.9 Å². The van der Waals surface area contributed by atoms with E-state index in [1.165, 1.54) is 56.8 Å². The van der Waals surface area contributed by atoms with Crippen molar-refractivity contribution < 1.29 is 4.74 Å². The molecule has 0 radical (unpaired) electrons. The summed E-state index contributed by atoms with van der Waals surface area (Å²) < 4.78 is 6.21. The molecule has 1 aromatic carbocycles. The van der Waals surface area contributed by atoms with Gasteiger partial charge in [-0.05, 0) is 56.6 Å². The highest BCUT2D eigenvalue weighted by Crippen LogP contribution is 2.39. The largest absolute Gasteiger partial charge is 0.373 e. The summed E-state index contributed by atoms with van der Waals surface area (Å²) in [7, 11) is 0. The monoisotopic (exact) mass is 422 g/mol. The first kappa shape index (κ1) is 21.0. The number of fused-ring (bicyclic) bond motifs is 1. The number of anilines is 2. The Labute approximate surface area is 187 Å². The number of nitrogens with zero attached hydrogens (tertiary/aromatic N) is 4. The summed E-state index contributed by atoms with van der Waals surface area (Å²) in [4.78, 5) is 15.4. The first-order valence-corrected chi connectivity index (χ1v) is 12.6. The average Bonchev–Trinajstić information content (AvgIpc) is 3.57. The van der Waals surface area contributed by atoms with Gasteiger partial charge in [0.2, 0.25) is 5.95 Å². The first-order valence-electron chi connectivity index (χ1n) is 12.6. The van der Waals surface area contributed by atoms with Crippen LogP contribution >= 0.6 is 0 Å². The highest BCUT2D eigenvalue weighted by atomic mass is 16.5. The van der Waals surface area contributed by atoms with Gasteiger partial charge < -0.3 is 14.5 Å². The summed E-state index contributed by atoms with van der Waals surface area (Å²) in [6, 6.07) is 9.15. The molecule has 5 heteroatoms. The van der Waals surface area contributed by atoms with Gasteiger partial charge in [0.05, 0.1) is 11.1 Å². The fourth-order valence-corrected chi connectivity index (χ4v) is 5.75. The number of rotatable bonds is 7. The van der Waals surface area contributed by atoms with Crippen molar-refractivity contribution in [3.8, 4) is 0 Å². The maximum Gasteiger partial charge on any atom is 0.228 e. The van der Waals surface area contributed by atoms with Crippen LogP contribution in [0, 0.1) is 5.92 Å². The molecule has 2 aromatic rings. The van der Waals surface area contributed by atoms with Gasteiger partial charge in [0.15, 0.2) is 0 Å². The summed E-state index contributed by atoms with van der Waals surface area (Å²) in [6.07, 6.45) is 11.1. The van der Waals surface area contributed by atoms with Crippen LogP contribution in [0.4, 0.5) is 11.8 Å². The van der Waals surface area contributed by atoms with Crippen molar-refractivity contribution in [1.29, 1.82) is 0 Å². The number of ether oxygens (including phenoxy) is 1. The van der Waals surface area contributed by atoms with Crippen molar-refractivity contribution in [2.24, 2.45) is 5.92 Å². The predicted molar refractivity (Wildman–Crippen MR) is 128 cm³/mol. The second kappa shape index (κ2) is 8.93. The molecule has 3 heterocycles. The number of benzene rings is 1. The maximum atomic E-state index is 6.21. The minimum absolute atomic E-state index is 0.0495. The van der Waals surface area contributed by atoms with Crippen LogP contribution in [0.2, 0.25) is 0 Å². The summed E-state index contributed by atoms with van der Waals surface area (Å²) in [5, 5.41) is 1.18. The molecule has 2 saturated heterocycles. The molecule has 2 atom stereocenters. The van der Waals surface area contributed by atoms with Gasteiger partial charge in [-0.15, -0.1) is 0 Å². The standard InChI is InChI=1S/C26H38N4O/c1-3-20(2)13-16-30(21-9-4-5-10-21)25-27-23-12-7-6-11-22(23)24(28-25)29-17-15-26(19-29)14-8-18-31-26/h6-7,11-12,20-21H,3-5,8-10,13-19H2,1-2H3. The molecule has 0 amide bonds. The lowest BCUT2D eigenvalue weighted by Gasteiger charge is -2.31. The van der Waals surface area contributed by atoms with Gasteiger partial charge in [-0.25, -0.2) is 4.98 Å². The molecule has 1 saturated carbocycles. The van der Waals surface area contributed by atoms with Gasteiger partial charge in [0.25, 0.3) is 0 Å². The number of para-hydroxylation sites is 1. The van der Waals surface area contributed by atoms with Crippen molar-refractivity contribution >= 4 is 22.7 Å². The Balaban J connectivity index is 1.50. The summed E-state index contributed by atoms with van der Waals surface area (Å²) >= 11 is 0. The lowest BCUT2D eigenvalue weighted by Crippen LogP contribution is -2.37. The molecule has 0 N–H and O–H groups in total. The molecule has 31 heavy (non-hydrogen) atoms. The minimum Gasteiger partial charge on any atom is -0.373 e. The molecule has 168 valence electrons. The van der Waals surface area contributed by atoms with Crippen molar-refractivity contribution in [1.82, 2.24) is 9.97 Å². The zero-order chi connectivity index (χ0) is 21.3. The second-order valence-electron chi connectivity index (χ2n) is 10.1. The van der Waals surface area contributed by atoms with Crippen molar-refractivity contribution in [3.63, 3.8) is 0 Å². The second-order valence-corrected chi connectivity index (χ2v) is 10.1. The van der Waals surface area contributed by atoms with Gasteiger partial charge in [-0.2, -0.15) is 4.98 Å². The van der Waals surface area contributed by atoms with Crippen LogP contribution in [0.3, 0.4) is 0 Å². The van der Waals surface area contributed by atoms with E-state index in [4.69, 9.17) is 14.7 Å². The van der Waals surface area contributed by atoms with E-state index >= 15 is 0 Å². The number of hydrogen-bond acceptors (Lipinski definition) is 5. The van der Waals surface area contributed by atoms with Gasteiger partial charge in [0, 0.05) is 37.7 Å². The molecule has 2 unspecified atom stereocenters. The average molecular weight is 423 g/mol. The molecule has 2 aliphatic heterocycles. The molecule has 1 aliphatic carbocycles. The van der Waals surface area contributed by atoms with Crippen LogP contribution in [0.1, 0.15) is 71.6 Å². The van der Waals surface area contributed by atoms with E-state index in [1.54, 1.807) is 0 Å². The highest BCUT2D eigenvalue weighted by Gasteiger charge is 2.42. The van der Waals surface area contributed by atoms with Crippen LogP contribution in [0.5, 0.6) is 0 Å². The third-order valence-corrected chi connectivity index (χ3v) is 7.95. The van der Waals surface area contributed by atoms with Crippen LogP contribution in [-0.4, -0.2) is 47.9 Å². The molecule has 5 rings (SSSR count). The Morgan fingerprint density at radius 3 is 2.77 bits per heavy atom. The molecule has 5 nitrogen and oxygen atoms in total. The van der Waals surface area contributed by atoms with Crippen LogP contribution < -0.4 is 9.80 Å². The fourth-order valence-electron chi connectivity index (χ4n) is 5.75. The molecule has 3 aliphatic rings. The maximum absolute atomic E-state index is 6.21. The molecule has 3 fully saturated rings. The van der Waals surface area contributed by atoms with E-state index in [1.807, 2.05) is 0 Å². The quantitative estimate of drug-likeness (QED) is 0.583. The van der Waals surface area contributed by atoms with E-state index < -0.39 is 0 Å². The molecule has 1 aromatic heterocycles. The topological polar surface area (TPSA) is 41.5 Å². The van der Waals surface area contributed by atoms with Crippen molar-refractivity contribution in [2.75, 3.05) is 36.0 Å². The van der Waals surface area contributed by atoms with Crippen LogP contribution in [-0.2, 0) is 4.74 Å². The fraction of sp³-hybridized carbons (Fsp3) is 0.692. The third kappa shape index (κ3) is 4.26. The van der Waals surface area contributed by atoms with Gasteiger partial charge in [-0.3, -0.25) is 0 Å². The third-order valence-electron chi connectivity index (χ3n) is 7.95. The normalized spacial score (nSPS) is 25.2. The molecule has 0 bridgehead atoms. The first-order chi connectivity index (χ1) is 15.2. The molecule has 1 spiro atoms. The SMILES string of the molecule is CCC(C)CCN(c1nc(N2CCC3(CCCO3)C2)c2ccccc2n1)C1CCCC1. The molecular formula is C26H38N4O. The summed E-state index contributed by atoms with van der Waals surface area (Å²) in [5.74, 6) is 2.79. The van der Waals surface area contributed by atoms with E-state index in [-0.39, 0.29) is 5.60 Å². The zero-order valence-corrected chi connectivity index (χ0v) is 19.4. The minimum atomic E-state index is 0.0495. The lowest BCUT2D eigenvalue weighted by atomic mass is 10.00. The molecular weight excluding hydrogens is 384 g/mol. The number of aromatic nitrogens is 2. The Bertz CT molecular complexity index is 888. The van der Waals surface area contributed by atoms with E-state index in [9.17, 15) is 0 Å². The van der Waals surface area contributed by atoms with Crippen LogP contribution in [0.25, 0.3) is 10.9 Å². The zero-order valence-electron chi connectivity index (χ0n) is 19.4. The van der Waals surface area contributed by atoms with E-state index in [0.29, 0.717) is 6.04 Å². The van der Waals surface area contributed by atoms with Gasteiger partial charge in [0.1, 0.15) is 5.82 Å². The highest BCUT2D eigenvalue weighted by molar-refractivity contribution is 5.90. The lowest BCUT2D eigenvalue weighted by molar-refractivity contribution is 0.0231. The summed E-state index contributed by atoms with van der Waals surface area (Å²) in [5.41, 5.74) is 1.12. The Hall–Kier alpha value is -1.88. The predicted octanol–water partition coefficient (Wildman–Crippen LogP) is 5.57.